The molecule has 236 valence electrons. The molecule has 1 N–H and O–H groups in total. The number of phenolic OH excluding ortho intramolecular Hbond substituents is 1. The zero-order valence-electron chi connectivity index (χ0n) is 25.8. The summed E-state index contributed by atoms with van der Waals surface area (Å²) in [7, 11) is 0. The molecule has 3 heterocycles. The van der Waals surface area contributed by atoms with Gasteiger partial charge in [0.2, 0.25) is 17.7 Å². The van der Waals surface area contributed by atoms with E-state index in [4.69, 9.17) is 9.15 Å². The van der Waals surface area contributed by atoms with Gasteiger partial charge in [0.1, 0.15) is 17.0 Å². The normalized spacial score (nSPS) is 24.8. The monoisotopic (exact) mass is 636 g/mol. The predicted octanol–water partition coefficient (Wildman–Crippen LogP) is 6.19. The summed E-state index contributed by atoms with van der Waals surface area (Å²) in [5, 5.41) is 10.2. The van der Waals surface area contributed by atoms with Crippen molar-refractivity contribution in [3.63, 3.8) is 0 Å². The van der Waals surface area contributed by atoms with Gasteiger partial charge in [-0.25, -0.2) is 4.98 Å². The smallest absolute Gasteiger partial charge is 0.238 e. The fourth-order valence-corrected chi connectivity index (χ4v) is 8.19. The molecule has 48 heavy (non-hydrogen) atoms. The van der Waals surface area contributed by atoms with Crippen molar-refractivity contribution >= 4 is 40.2 Å². The number of hydrogen-bond acceptors (Lipinski definition) is 8. The van der Waals surface area contributed by atoms with Crippen LogP contribution in [0.3, 0.4) is 0 Å². The second-order valence-electron chi connectivity index (χ2n) is 13.1. The second-order valence-corrected chi connectivity index (χ2v) is 13.1. The highest BCUT2D eigenvalue weighted by molar-refractivity contribution is 6.25. The van der Waals surface area contributed by atoms with Gasteiger partial charge in [-0.1, -0.05) is 23.8 Å². The molecule has 0 spiro atoms. The van der Waals surface area contributed by atoms with Crippen LogP contribution in [-0.4, -0.2) is 33.5 Å². The van der Waals surface area contributed by atoms with E-state index in [0.29, 0.717) is 58.0 Å². The Hall–Kier alpha value is -5.83. The first-order chi connectivity index (χ1) is 23.3. The van der Waals surface area contributed by atoms with E-state index in [9.17, 15) is 24.3 Å². The van der Waals surface area contributed by atoms with Crippen LogP contribution in [-0.2, 0) is 25.6 Å². The second kappa shape index (κ2) is 10.3. The number of aromatic hydroxyl groups is 1. The number of fused-ring (bicyclic) bond motifs is 5. The van der Waals surface area contributed by atoms with Crippen molar-refractivity contribution in [2.75, 3.05) is 4.90 Å². The van der Waals surface area contributed by atoms with Gasteiger partial charge < -0.3 is 14.3 Å². The molecule has 0 saturated carbocycles. The number of ether oxygens (including phenoxy) is 1. The van der Waals surface area contributed by atoms with Crippen molar-refractivity contribution in [1.82, 2.24) is 4.98 Å². The molecule has 4 aromatic rings. The molecule has 9 heteroatoms. The topological polar surface area (TPSA) is 127 Å². The lowest BCUT2D eigenvalue weighted by atomic mass is 9.58. The summed E-state index contributed by atoms with van der Waals surface area (Å²) in [6.45, 7) is 1.63. The van der Waals surface area contributed by atoms with Crippen molar-refractivity contribution in [2.45, 2.75) is 26.2 Å². The fourth-order valence-electron chi connectivity index (χ4n) is 8.19. The zero-order valence-corrected chi connectivity index (χ0v) is 25.8. The van der Waals surface area contributed by atoms with Crippen LogP contribution in [0.5, 0.6) is 11.5 Å². The van der Waals surface area contributed by atoms with Crippen LogP contribution in [0.25, 0.3) is 22.6 Å². The number of imide groups is 1. The van der Waals surface area contributed by atoms with E-state index in [1.54, 1.807) is 55.7 Å². The summed E-state index contributed by atoms with van der Waals surface area (Å²) < 4.78 is 11.9. The van der Waals surface area contributed by atoms with Gasteiger partial charge in [-0.2, -0.15) is 0 Å². The number of para-hydroxylation sites is 2. The molecular weight excluding hydrogens is 608 g/mol. The molecule has 1 aromatic heterocycles. The molecule has 2 amide bonds. The predicted molar refractivity (Wildman–Crippen MR) is 175 cm³/mol. The number of aromatic nitrogens is 1. The molecule has 3 aliphatic carbocycles. The highest BCUT2D eigenvalue weighted by atomic mass is 16.5. The number of benzene rings is 3. The third-order valence-electron chi connectivity index (χ3n) is 10.4. The Morgan fingerprint density at radius 1 is 0.938 bits per heavy atom. The van der Waals surface area contributed by atoms with Gasteiger partial charge >= 0.3 is 0 Å². The van der Waals surface area contributed by atoms with Gasteiger partial charge in [-0.3, -0.25) is 24.1 Å². The van der Waals surface area contributed by atoms with Crippen LogP contribution in [0.4, 0.5) is 5.69 Å². The Bertz CT molecular complexity index is 2240. The molecule has 2 aliphatic heterocycles. The Morgan fingerprint density at radius 2 is 1.75 bits per heavy atom. The largest absolute Gasteiger partial charge is 0.508 e. The van der Waals surface area contributed by atoms with E-state index in [-0.39, 0.29) is 35.6 Å². The standard InChI is InChI=1S/C39H28N2O7/c1-19-14-30(43)35-28(36(19)44)17-27-25(33(35)22-15-21-16-24(42)10-13-31(21)47-18-22)11-12-26-34(27)39(46)41(38(26)45)23-8-6-20(7-9-23)37-40-29-4-2-3-5-32(29)48-37/h2-11,13-14,16,18,26-27,33-34,42H,12,15,17H2,1H3. The number of anilines is 1. The van der Waals surface area contributed by atoms with Gasteiger partial charge in [-0.15, -0.1) is 0 Å². The van der Waals surface area contributed by atoms with E-state index >= 15 is 0 Å². The van der Waals surface area contributed by atoms with E-state index in [1.807, 2.05) is 30.3 Å². The van der Waals surface area contributed by atoms with Crippen molar-refractivity contribution in [1.29, 1.82) is 0 Å². The first-order valence-electron chi connectivity index (χ1n) is 16.0. The molecule has 4 atom stereocenters. The molecule has 4 unspecified atom stereocenters. The van der Waals surface area contributed by atoms with Crippen molar-refractivity contribution in [3.8, 4) is 23.0 Å². The number of allylic oxidation sites excluding steroid dienone is 7. The molecule has 3 aromatic carbocycles. The molecule has 9 rings (SSSR count). The number of hydrogen-bond donors (Lipinski definition) is 1. The summed E-state index contributed by atoms with van der Waals surface area (Å²) >= 11 is 0. The van der Waals surface area contributed by atoms with Gasteiger partial charge in [0.15, 0.2) is 17.1 Å². The minimum Gasteiger partial charge on any atom is -0.508 e. The molecule has 1 fully saturated rings. The van der Waals surface area contributed by atoms with Crippen LogP contribution in [0, 0.1) is 23.7 Å². The summed E-state index contributed by atoms with van der Waals surface area (Å²) in [5.74, 6) is -2.23. The SMILES string of the molecule is CC1=CC(=O)C2=C(CC3C(=CCC4C(=O)N(c5ccc(-c6nc7ccccc7o6)cc5)C(=O)C43)C2C2=COc3ccc(O)cc3C2)C1=O. The highest BCUT2D eigenvalue weighted by Gasteiger charge is 2.57. The van der Waals surface area contributed by atoms with Crippen LogP contribution < -0.4 is 9.64 Å². The van der Waals surface area contributed by atoms with E-state index in [0.717, 1.165) is 22.2 Å². The minimum absolute atomic E-state index is 0.0965. The maximum atomic E-state index is 14.3. The van der Waals surface area contributed by atoms with Crippen LogP contribution in [0.15, 0.2) is 117 Å². The van der Waals surface area contributed by atoms with Crippen LogP contribution in [0.2, 0.25) is 0 Å². The third kappa shape index (κ3) is 4.13. The first kappa shape index (κ1) is 28.4. The van der Waals surface area contributed by atoms with Crippen LogP contribution in [0.1, 0.15) is 25.3 Å². The van der Waals surface area contributed by atoms with E-state index in [1.165, 1.54) is 11.0 Å². The zero-order chi connectivity index (χ0) is 32.8. The molecule has 5 aliphatic rings. The number of rotatable bonds is 3. The number of oxazole rings is 1. The number of nitrogens with zero attached hydrogens (tertiary/aromatic N) is 2. The molecule has 9 nitrogen and oxygen atoms in total. The fraction of sp³-hybridized carbons (Fsp3) is 0.205. The summed E-state index contributed by atoms with van der Waals surface area (Å²) in [4.78, 5) is 61.3. The molecular formula is C39H28N2O7. The van der Waals surface area contributed by atoms with Gasteiger partial charge in [0, 0.05) is 40.2 Å². The quantitative estimate of drug-likeness (QED) is 0.160. The Balaban J connectivity index is 1.07. The molecule has 0 bridgehead atoms. The minimum atomic E-state index is -0.693. The number of phenols is 1. The average molecular weight is 637 g/mol. The van der Waals surface area contributed by atoms with E-state index < -0.39 is 23.7 Å². The van der Waals surface area contributed by atoms with Crippen molar-refractivity contribution in [3.05, 3.63) is 119 Å². The lowest BCUT2D eigenvalue weighted by Crippen LogP contribution is -2.41. The van der Waals surface area contributed by atoms with Crippen LogP contribution >= 0.6 is 0 Å². The Kier molecular flexibility index (Phi) is 6.12. The van der Waals surface area contributed by atoms with Crippen molar-refractivity contribution in [2.24, 2.45) is 23.7 Å². The average Bonchev–Trinajstić information content (AvgIpc) is 3.64. The van der Waals surface area contributed by atoms with Gasteiger partial charge in [-0.05, 0) is 91.9 Å². The summed E-state index contributed by atoms with van der Waals surface area (Å²) in [6.07, 6.45) is 5.93. The molecule has 0 radical (unpaired) electrons. The lowest BCUT2D eigenvalue weighted by Gasteiger charge is -2.43. The summed E-state index contributed by atoms with van der Waals surface area (Å²) in [5.41, 5.74) is 6.11. The number of Topliss-reactive ketones (excluding diaryl/α,β-unsaturated/α-hetero) is 1. The van der Waals surface area contributed by atoms with Gasteiger partial charge in [0.25, 0.3) is 0 Å². The lowest BCUT2D eigenvalue weighted by molar-refractivity contribution is -0.123. The highest BCUT2D eigenvalue weighted by Crippen LogP contribution is 2.55. The maximum absolute atomic E-state index is 14.3. The Labute approximate surface area is 274 Å². The van der Waals surface area contributed by atoms with E-state index in [2.05, 4.69) is 4.98 Å². The molecule has 1 saturated heterocycles. The third-order valence-corrected chi connectivity index (χ3v) is 10.4. The Morgan fingerprint density at radius 3 is 2.56 bits per heavy atom. The number of amides is 2. The number of ketones is 2. The maximum Gasteiger partial charge on any atom is 0.238 e. The first-order valence-corrected chi connectivity index (χ1v) is 16.0. The number of carbonyl (C=O) groups is 4. The summed E-state index contributed by atoms with van der Waals surface area (Å²) in [6, 6.07) is 19.4. The van der Waals surface area contributed by atoms with Gasteiger partial charge in [0.05, 0.1) is 23.8 Å². The van der Waals surface area contributed by atoms with Crippen molar-refractivity contribution < 1.29 is 33.4 Å². The number of carbonyl (C=O) groups excluding carboxylic acids is 4.